The van der Waals surface area contributed by atoms with Gasteiger partial charge in [0, 0.05) is 45.2 Å². The second kappa shape index (κ2) is 15.5. The summed E-state index contributed by atoms with van der Waals surface area (Å²) in [4.78, 5) is 16.8. The topological polar surface area (TPSA) is 47.6 Å². The van der Waals surface area contributed by atoms with Gasteiger partial charge in [-0.2, -0.15) is 0 Å². The van der Waals surface area contributed by atoms with Gasteiger partial charge in [0.25, 0.3) is 0 Å². The summed E-state index contributed by atoms with van der Waals surface area (Å²) in [6.07, 6.45) is 5.30. The molecule has 0 aromatic carbocycles. The van der Waals surface area contributed by atoms with Crippen molar-refractivity contribution in [3.05, 3.63) is 0 Å². The molecule has 2 aliphatic heterocycles. The quantitative estimate of drug-likeness (QED) is 0.606. The average molecular weight is 406 g/mol. The van der Waals surface area contributed by atoms with Crippen LogP contribution in [0.25, 0.3) is 0 Å². The van der Waals surface area contributed by atoms with Crippen LogP contribution in [0.2, 0.25) is 0 Å². The number of piperazine rings is 1. The molecule has 0 radical (unpaired) electrons. The number of carbonyl (C=O) groups is 1. The zero-order valence-electron chi connectivity index (χ0n) is 14.8. The summed E-state index contributed by atoms with van der Waals surface area (Å²) >= 11 is 0. The molecule has 0 aliphatic carbocycles. The van der Waals surface area contributed by atoms with E-state index < -0.39 is 0 Å². The second-order valence-electron chi connectivity index (χ2n) is 6.33. The molecule has 2 heterocycles. The molecule has 5 nitrogen and oxygen atoms in total. The third kappa shape index (κ3) is 10.3. The van der Waals surface area contributed by atoms with Crippen molar-refractivity contribution >= 4 is 43.1 Å². The number of rotatable bonds is 8. The van der Waals surface area contributed by atoms with Crippen LogP contribution in [0.3, 0.4) is 0 Å². The van der Waals surface area contributed by atoms with Gasteiger partial charge >= 0.3 is 0 Å². The molecular formula is C16H35Cl3N4O. The number of carbonyl (C=O) groups excluding carboxylic acids is 1. The number of amides is 1. The van der Waals surface area contributed by atoms with Crippen molar-refractivity contribution in [1.29, 1.82) is 0 Å². The van der Waals surface area contributed by atoms with Crippen LogP contribution in [0.5, 0.6) is 0 Å². The van der Waals surface area contributed by atoms with Gasteiger partial charge in [-0.15, -0.1) is 37.2 Å². The number of hydrogen-bond donors (Lipinski definition) is 2. The Kier molecular flexibility index (Phi) is 17.1. The SMILES string of the molecule is CCN1CCN(CCCCNC(=O)CC2CCCN2)CC1.Cl.Cl.Cl. The number of hydrogen-bond acceptors (Lipinski definition) is 4. The Morgan fingerprint density at radius 2 is 1.75 bits per heavy atom. The van der Waals surface area contributed by atoms with Gasteiger partial charge in [-0.25, -0.2) is 0 Å². The van der Waals surface area contributed by atoms with Crippen molar-refractivity contribution in [1.82, 2.24) is 20.4 Å². The predicted octanol–water partition coefficient (Wildman–Crippen LogP) is 1.93. The van der Waals surface area contributed by atoms with E-state index in [4.69, 9.17) is 0 Å². The van der Waals surface area contributed by atoms with Crippen molar-refractivity contribution in [2.24, 2.45) is 0 Å². The Labute approximate surface area is 165 Å². The van der Waals surface area contributed by atoms with E-state index in [9.17, 15) is 4.79 Å². The molecule has 0 aromatic rings. The van der Waals surface area contributed by atoms with Gasteiger partial charge in [0.05, 0.1) is 0 Å². The molecule has 1 atom stereocenters. The Hall–Kier alpha value is 0.220. The molecule has 2 fully saturated rings. The zero-order chi connectivity index (χ0) is 14.9. The van der Waals surface area contributed by atoms with E-state index in [-0.39, 0.29) is 43.1 Å². The summed E-state index contributed by atoms with van der Waals surface area (Å²) in [5.74, 6) is 0.214. The lowest BCUT2D eigenvalue weighted by molar-refractivity contribution is -0.121. The number of unbranched alkanes of at least 4 members (excludes halogenated alkanes) is 1. The minimum atomic E-state index is 0. The number of nitrogens with zero attached hydrogens (tertiary/aromatic N) is 2. The van der Waals surface area contributed by atoms with Crippen LogP contribution in [0.1, 0.15) is 39.0 Å². The molecule has 2 N–H and O–H groups in total. The summed E-state index contributed by atoms with van der Waals surface area (Å²) in [7, 11) is 0. The van der Waals surface area contributed by atoms with E-state index in [1.807, 2.05) is 0 Å². The molecule has 2 saturated heterocycles. The fraction of sp³-hybridized carbons (Fsp3) is 0.938. The van der Waals surface area contributed by atoms with Gasteiger partial charge in [0.1, 0.15) is 0 Å². The van der Waals surface area contributed by atoms with E-state index in [0.29, 0.717) is 12.5 Å². The molecule has 0 saturated carbocycles. The molecule has 24 heavy (non-hydrogen) atoms. The predicted molar refractivity (Wildman–Crippen MR) is 108 cm³/mol. The van der Waals surface area contributed by atoms with Crippen LogP contribution < -0.4 is 10.6 Å². The Balaban J connectivity index is 0. The molecule has 146 valence electrons. The van der Waals surface area contributed by atoms with Crippen molar-refractivity contribution in [3.8, 4) is 0 Å². The fourth-order valence-corrected chi connectivity index (χ4v) is 3.24. The summed E-state index contributed by atoms with van der Waals surface area (Å²) in [6, 6.07) is 0.417. The van der Waals surface area contributed by atoms with Crippen LogP contribution in [0, 0.1) is 0 Å². The van der Waals surface area contributed by atoms with Crippen molar-refractivity contribution < 1.29 is 4.79 Å². The van der Waals surface area contributed by atoms with Gasteiger partial charge in [-0.3, -0.25) is 4.79 Å². The first kappa shape index (κ1) is 26.4. The van der Waals surface area contributed by atoms with Crippen LogP contribution in [0.4, 0.5) is 0 Å². The molecular weight excluding hydrogens is 371 g/mol. The normalized spacial score (nSPS) is 21.3. The second-order valence-corrected chi connectivity index (χ2v) is 6.33. The molecule has 2 rings (SSSR count). The maximum Gasteiger partial charge on any atom is 0.221 e. The molecule has 0 spiro atoms. The lowest BCUT2D eigenvalue weighted by atomic mass is 10.1. The molecule has 1 amide bonds. The summed E-state index contributed by atoms with van der Waals surface area (Å²) in [5, 5.41) is 6.43. The van der Waals surface area contributed by atoms with E-state index in [1.54, 1.807) is 0 Å². The monoisotopic (exact) mass is 404 g/mol. The third-order valence-corrected chi connectivity index (χ3v) is 4.73. The highest BCUT2D eigenvalue weighted by Crippen LogP contribution is 2.08. The standard InChI is InChI=1S/C16H32N4O.3ClH/c1-2-19-10-12-20(13-11-19)9-4-3-7-18-16(21)14-15-6-5-8-17-15;;;/h15,17H,2-14H2,1H3,(H,18,21);3*1H. The highest BCUT2D eigenvalue weighted by atomic mass is 35.5. The first-order chi connectivity index (χ1) is 10.3. The first-order valence-corrected chi connectivity index (χ1v) is 8.72. The van der Waals surface area contributed by atoms with E-state index in [1.165, 1.54) is 52.1 Å². The van der Waals surface area contributed by atoms with Gasteiger partial charge in [0.15, 0.2) is 0 Å². The van der Waals surface area contributed by atoms with Gasteiger partial charge in [-0.1, -0.05) is 6.92 Å². The van der Waals surface area contributed by atoms with Crippen LogP contribution >= 0.6 is 37.2 Å². The lowest BCUT2D eigenvalue weighted by Gasteiger charge is -2.33. The third-order valence-electron chi connectivity index (χ3n) is 4.73. The van der Waals surface area contributed by atoms with Crippen LogP contribution in [-0.2, 0) is 4.79 Å². The number of halogens is 3. The zero-order valence-corrected chi connectivity index (χ0v) is 17.2. The highest BCUT2D eigenvalue weighted by molar-refractivity contribution is 5.86. The summed E-state index contributed by atoms with van der Waals surface area (Å²) in [6.45, 7) is 11.3. The smallest absolute Gasteiger partial charge is 0.221 e. The first-order valence-electron chi connectivity index (χ1n) is 8.72. The molecule has 0 bridgehead atoms. The van der Waals surface area contributed by atoms with Crippen molar-refractivity contribution in [2.75, 3.05) is 52.4 Å². The Bertz CT molecular complexity index is 310. The average Bonchev–Trinajstić information content (AvgIpc) is 3.00. The Morgan fingerprint density at radius 1 is 1.08 bits per heavy atom. The molecule has 1 unspecified atom stereocenters. The lowest BCUT2D eigenvalue weighted by Crippen LogP contribution is -2.46. The van der Waals surface area contributed by atoms with E-state index >= 15 is 0 Å². The number of likely N-dealkylation sites (N-methyl/N-ethyl adjacent to an activating group) is 1. The highest BCUT2D eigenvalue weighted by Gasteiger charge is 2.17. The Morgan fingerprint density at radius 3 is 2.33 bits per heavy atom. The van der Waals surface area contributed by atoms with E-state index in [2.05, 4.69) is 27.4 Å². The fourth-order valence-electron chi connectivity index (χ4n) is 3.24. The van der Waals surface area contributed by atoms with Crippen molar-refractivity contribution in [2.45, 2.75) is 45.1 Å². The molecule has 0 aromatic heterocycles. The summed E-state index contributed by atoms with van der Waals surface area (Å²) < 4.78 is 0. The van der Waals surface area contributed by atoms with Gasteiger partial charge < -0.3 is 20.4 Å². The maximum atomic E-state index is 11.8. The van der Waals surface area contributed by atoms with Crippen LogP contribution in [-0.4, -0.2) is 74.1 Å². The van der Waals surface area contributed by atoms with Crippen molar-refractivity contribution in [3.63, 3.8) is 0 Å². The van der Waals surface area contributed by atoms with Gasteiger partial charge in [0.2, 0.25) is 5.91 Å². The number of nitrogens with one attached hydrogen (secondary N) is 2. The largest absolute Gasteiger partial charge is 0.356 e. The van der Waals surface area contributed by atoms with E-state index in [0.717, 1.165) is 25.9 Å². The maximum absolute atomic E-state index is 11.8. The van der Waals surface area contributed by atoms with Crippen LogP contribution in [0.15, 0.2) is 0 Å². The molecule has 8 heteroatoms. The summed E-state index contributed by atoms with van der Waals surface area (Å²) in [5.41, 5.74) is 0. The molecule has 2 aliphatic rings. The van der Waals surface area contributed by atoms with Gasteiger partial charge in [-0.05, 0) is 45.3 Å². The minimum absolute atomic E-state index is 0. The minimum Gasteiger partial charge on any atom is -0.356 e.